The van der Waals surface area contributed by atoms with Gasteiger partial charge in [-0.3, -0.25) is 29.2 Å². The molecule has 0 heterocycles. The predicted molar refractivity (Wildman–Crippen MR) is 180 cm³/mol. The minimum absolute atomic E-state index is 0.0259. The Labute approximate surface area is 279 Å². The molecule has 0 unspecified atom stereocenters. The lowest BCUT2D eigenvalue weighted by molar-refractivity contribution is -0.142. The van der Waals surface area contributed by atoms with E-state index in [2.05, 4.69) is 31.3 Å². The number of benzene rings is 1. The molecule has 0 bridgehead atoms. The second kappa shape index (κ2) is 21.8. The molecule has 18 heteroatoms. The summed E-state index contributed by atoms with van der Waals surface area (Å²) in [5.74, 6) is -4.64. The van der Waals surface area contributed by atoms with Crippen LogP contribution in [0.5, 0.6) is 0 Å². The molecule has 0 saturated carbocycles. The number of nitrogens with zero attached hydrogens (tertiary/aromatic N) is 2. The minimum atomic E-state index is -1.29. The lowest BCUT2D eigenvalue weighted by Crippen LogP contribution is -2.59. The summed E-state index contributed by atoms with van der Waals surface area (Å²) < 4.78 is 0. The summed E-state index contributed by atoms with van der Waals surface area (Å²) in [5, 5.41) is 29.3. The third-order valence-corrected chi connectivity index (χ3v) is 6.93. The van der Waals surface area contributed by atoms with Gasteiger partial charge in [0.2, 0.25) is 23.6 Å². The fourth-order valence-corrected chi connectivity index (χ4v) is 4.47. The molecular formula is C30H51N11O7. The van der Waals surface area contributed by atoms with Crippen LogP contribution in [0.2, 0.25) is 0 Å². The highest BCUT2D eigenvalue weighted by Gasteiger charge is 2.32. The summed E-state index contributed by atoms with van der Waals surface area (Å²) >= 11 is 0. The van der Waals surface area contributed by atoms with Crippen molar-refractivity contribution in [1.82, 2.24) is 21.3 Å². The van der Waals surface area contributed by atoms with Crippen LogP contribution in [0.1, 0.15) is 51.5 Å². The summed E-state index contributed by atoms with van der Waals surface area (Å²) in [6.45, 7) is 3.28. The van der Waals surface area contributed by atoms with E-state index in [1.165, 1.54) is 0 Å². The normalized spacial score (nSPS) is 13.9. The minimum Gasteiger partial charge on any atom is -0.480 e. The summed E-state index contributed by atoms with van der Waals surface area (Å²) in [4.78, 5) is 72.7. The first kappa shape index (κ1) is 41.1. The number of carbonyl (C=O) groups is 5. The van der Waals surface area contributed by atoms with Crippen LogP contribution in [0, 0.1) is 5.92 Å². The number of hydrogen-bond acceptors (Lipinski definition) is 9. The van der Waals surface area contributed by atoms with Gasteiger partial charge >= 0.3 is 5.97 Å². The number of carboxylic acid groups (broad SMARTS) is 1. The van der Waals surface area contributed by atoms with Crippen molar-refractivity contribution in [2.24, 2.45) is 44.6 Å². The Hall–Kier alpha value is -4.97. The van der Waals surface area contributed by atoms with Crippen LogP contribution < -0.4 is 49.9 Å². The predicted octanol–water partition coefficient (Wildman–Crippen LogP) is -3.27. The number of aliphatic imine (C=N–C) groups is 2. The van der Waals surface area contributed by atoms with Gasteiger partial charge < -0.3 is 60.1 Å². The lowest BCUT2D eigenvalue weighted by atomic mass is 10.0. The summed E-state index contributed by atoms with van der Waals surface area (Å²) in [6, 6.07) is 2.67. The molecule has 4 amide bonds. The van der Waals surface area contributed by atoms with Gasteiger partial charge in [0.05, 0.1) is 6.61 Å². The van der Waals surface area contributed by atoms with Gasteiger partial charge in [0, 0.05) is 19.5 Å². The van der Waals surface area contributed by atoms with Crippen LogP contribution in [0.15, 0.2) is 40.3 Å². The molecule has 0 radical (unpaired) electrons. The number of aliphatic hydroxyl groups excluding tert-OH is 1. The number of rotatable bonds is 22. The van der Waals surface area contributed by atoms with Gasteiger partial charge in [-0.2, -0.15) is 0 Å². The van der Waals surface area contributed by atoms with Crippen molar-refractivity contribution in [3.05, 3.63) is 35.9 Å². The fraction of sp³-hybridized carbons (Fsp3) is 0.567. The molecule has 1 rings (SSSR count). The highest BCUT2D eigenvalue weighted by atomic mass is 16.4. The van der Waals surface area contributed by atoms with E-state index < -0.39 is 66.4 Å². The summed E-state index contributed by atoms with van der Waals surface area (Å²) in [7, 11) is 0. The van der Waals surface area contributed by atoms with Crippen LogP contribution in [0.25, 0.3) is 0 Å². The lowest BCUT2D eigenvalue weighted by Gasteiger charge is -2.27. The van der Waals surface area contributed by atoms with E-state index in [1.807, 2.05) is 13.8 Å². The van der Waals surface area contributed by atoms with Crippen molar-refractivity contribution in [1.29, 1.82) is 0 Å². The maximum atomic E-state index is 13.7. The van der Waals surface area contributed by atoms with E-state index in [1.54, 1.807) is 30.3 Å². The van der Waals surface area contributed by atoms with E-state index in [9.17, 15) is 34.2 Å². The second-order valence-corrected chi connectivity index (χ2v) is 11.6. The quantitative estimate of drug-likeness (QED) is 0.0327. The van der Waals surface area contributed by atoms with Crippen LogP contribution >= 0.6 is 0 Å². The Kier molecular flexibility index (Phi) is 18.6. The molecule has 0 aliphatic rings. The molecule has 0 aliphatic carbocycles. The Bertz CT molecular complexity index is 1250. The monoisotopic (exact) mass is 677 g/mol. The maximum Gasteiger partial charge on any atom is 0.326 e. The zero-order valence-electron chi connectivity index (χ0n) is 27.4. The smallest absolute Gasteiger partial charge is 0.326 e. The van der Waals surface area contributed by atoms with Crippen molar-refractivity contribution < 1.29 is 34.2 Å². The topological polar surface area (TPSA) is 329 Å². The number of carboxylic acids is 1. The number of nitrogens with two attached hydrogens (primary N) is 5. The number of aliphatic hydroxyl groups is 1. The Morgan fingerprint density at radius 3 is 1.67 bits per heavy atom. The first-order valence-corrected chi connectivity index (χ1v) is 15.6. The number of amides is 4. The van der Waals surface area contributed by atoms with E-state index >= 15 is 0 Å². The van der Waals surface area contributed by atoms with Gasteiger partial charge in [-0.05, 0) is 43.6 Å². The summed E-state index contributed by atoms with van der Waals surface area (Å²) in [6.07, 6.45) is 0.770. The van der Waals surface area contributed by atoms with Crippen LogP contribution in [-0.4, -0.2) is 102 Å². The third kappa shape index (κ3) is 16.5. The zero-order chi connectivity index (χ0) is 36.2. The largest absolute Gasteiger partial charge is 0.480 e. The van der Waals surface area contributed by atoms with Gasteiger partial charge in [-0.1, -0.05) is 44.2 Å². The maximum absolute atomic E-state index is 13.7. The Morgan fingerprint density at radius 2 is 1.17 bits per heavy atom. The average molecular weight is 678 g/mol. The van der Waals surface area contributed by atoms with Crippen LogP contribution in [-0.2, 0) is 30.4 Å². The van der Waals surface area contributed by atoms with Crippen molar-refractivity contribution >= 4 is 41.5 Å². The highest BCUT2D eigenvalue weighted by Crippen LogP contribution is 2.10. The van der Waals surface area contributed by atoms with Crippen molar-refractivity contribution in [2.75, 3.05) is 19.7 Å². The number of guanidine groups is 2. The first-order chi connectivity index (χ1) is 22.6. The number of hydrogen-bond donors (Lipinski definition) is 11. The molecule has 268 valence electrons. The van der Waals surface area contributed by atoms with E-state index in [4.69, 9.17) is 28.7 Å². The Morgan fingerprint density at radius 1 is 0.708 bits per heavy atom. The molecule has 0 spiro atoms. The van der Waals surface area contributed by atoms with Crippen LogP contribution in [0.3, 0.4) is 0 Å². The molecule has 1 aromatic rings. The van der Waals surface area contributed by atoms with Crippen molar-refractivity contribution in [3.63, 3.8) is 0 Å². The molecule has 0 aromatic heterocycles. The molecule has 18 nitrogen and oxygen atoms in total. The van der Waals surface area contributed by atoms with Gasteiger partial charge in [0.25, 0.3) is 0 Å². The number of aliphatic carboxylic acids is 1. The van der Waals surface area contributed by atoms with Crippen molar-refractivity contribution in [2.45, 2.75) is 82.6 Å². The SMILES string of the molecule is CC(C)C[C@H](NC(=O)[C@H](CCCN=C(N)N)NC(=O)[C@H](Cc1ccccc1)NC(=O)[C@@H](N)CO)C(=O)N[C@@H](CCCN=C(N)N)C(=O)O. The molecule has 0 aliphatic heterocycles. The molecule has 48 heavy (non-hydrogen) atoms. The second-order valence-electron chi connectivity index (χ2n) is 11.6. The van der Waals surface area contributed by atoms with Crippen molar-refractivity contribution in [3.8, 4) is 0 Å². The average Bonchev–Trinajstić information content (AvgIpc) is 3.02. The molecule has 5 atom stereocenters. The van der Waals surface area contributed by atoms with E-state index in [-0.39, 0.29) is 69.5 Å². The number of nitrogens with one attached hydrogen (secondary N) is 4. The molecule has 0 fully saturated rings. The summed E-state index contributed by atoms with van der Waals surface area (Å²) in [5.41, 5.74) is 27.8. The molecule has 1 aromatic carbocycles. The fourth-order valence-electron chi connectivity index (χ4n) is 4.47. The van der Waals surface area contributed by atoms with Gasteiger partial charge in [-0.15, -0.1) is 0 Å². The van der Waals surface area contributed by atoms with E-state index in [0.29, 0.717) is 5.56 Å². The molecular weight excluding hydrogens is 626 g/mol. The molecule has 16 N–H and O–H groups in total. The van der Waals surface area contributed by atoms with Gasteiger partial charge in [0.1, 0.15) is 30.2 Å². The third-order valence-electron chi connectivity index (χ3n) is 6.93. The first-order valence-electron chi connectivity index (χ1n) is 15.6. The van der Waals surface area contributed by atoms with Gasteiger partial charge in [0.15, 0.2) is 11.9 Å². The van der Waals surface area contributed by atoms with Crippen LogP contribution in [0.4, 0.5) is 0 Å². The standard InChI is InChI=1S/C30H51N11O7/c1-17(2)14-22(26(45)39-21(28(47)48)11-7-13-37-30(34)35)41-25(44)20(10-6-12-36-29(32)33)38-27(46)23(40-24(43)19(31)16-42)15-18-8-4-3-5-9-18/h3-5,8-9,17,19-23,42H,6-7,10-16,31H2,1-2H3,(H,38,46)(H,39,45)(H,40,43)(H,41,44)(H,47,48)(H4,32,33,36)(H4,34,35,37)/t19-,20-,21-,22-,23-/m0/s1. The van der Waals surface area contributed by atoms with E-state index in [0.717, 1.165) is 0 Å². The number of carbonyl (C=O) groups excluding carboxylic acids is 4. The molecule has 0 saturated heterocycles. The zero-order valence-corrected chi connectivity index (χ0v) is 27.4. The Balaban J connectivity index is 3.24. The highest BCUT2D eigenvalue weighted by molar-refractivity contribution is 5.95. The van der Waals surface area contributed by atoms with Gasteiger partial charge in [-0.25, -0.2) is 4.79 Å².